The zero-order chi connectivity index (χ0) is 18.4. The minimum absolute atomic E-state index is 0.0388. The molecule has 2 rings (SSSR count). The van der Waals surface area contributed by atoms with Crippen molar-refractivity contribution < 1.29 is 9.90 Å². The van der Waals surface area contributed by atoms with E-state index in [1.807, 2.05) is 42.0 Å². The van der Waals surface area contributed by atoms with Crippen molar-refractivity contribution in [3.8, 4) is 0 Å². The van der Waals surface area contributed by atoms with Crippen LogP contribution in [0.4, 0.5) is 0 Å². The highest BCUT2D eigenvalue weighted by molar-refractivity contribution is 5.75. The number of aromatic nitrogens is 2. The van der Waals surface area contributed by atoms with E-state index in [1.165, 1.54) is 5.56 Å². The minimum atomic E-state index is -0.686. The molecule has 0 aliphatic rings. The first-order chi connectivity index (χ1) is 11.8. The number of nitrogens with one attached hydrogen (secondary N) is 1. The highest BCUT2D eigenvalue weighted by atomic mass is 16.3. The monoisotopic (exact) mass is 343 g/mol. The molecule has 0 aliphatic carbocycles. The molecule has 0 saturated heterocycles. The second-order valence-electron chi connectivity index (χ2n) is 7.46. The number of hydrogen-bond donors (Lipinski definition) is 2. The predicted octanol–water partition coefficient (Wildman–Crippen LogP) is 3.12. The van der Waals surface area contributed by atoms with Gasteiger partial charge in [-0.25, -0.2) is 4.98 Å². The summed E-state index contributed by atoms with van der Waals surface area (Å²) < 4.78 is 2.03. The Labute approximate surface area is 150 Å². The minimum Gasteiger partial charge on any atom is -0.387 e. The number of amides is 1. The molecule has 1 atom stereocenters. The van der Waals surface area contributed by atoms with Gasteiger partial charge in [0.25, 0.3) is 0 Å². The lowest BCUT2D eigenvalue weighted by Gasteiger charge is -2.20. The number of aliphatic hydroxyl groups excluding tert-OH is 1. The lowest BCUT2D eigenvalue weighted by atomic mass is 9.86. The summed E-state index contributed by atoms with van der Waals surface area (Å²) in [4.78, 5) is 16.1. The Hall–Kier alpha value is -2.14. The van der Waals surface area contributed by atoms with Crippen LogP contribution in [0.15, 0.2) is 36.7 Å². The Morgan fingerprint density at radius 3 is 2.52 bits per heavy atom. The molecule has 1 aromatic heterocycles. The molecule has 5 nitrogen and oxygen atoms in total. The van der Waals surface area contributed by atoms with Crippen LogP contribution in [-0.4, -0.2) is 27.1 Å². The summed E-state index contributed by atoms with van der Waals surface area (Å²) >= 11 is 0. The van der Waals surface area contributed by atoms with Crippen molar-refractivity contribution in [2.75, 3.05) is 6.54 Å². The molecule has 2 N–H and O–H groups in total. The molecule has 1 aromatic carbocycles. The molecule has 0 bridgehead atoms. The van der Waals surface area contributed by atoms with Gasteiger partial charge in [-0.1, -0.05) is 45.0 Å². The largest absolute Gasteiger partial charge is 0.387 e. The van der Waals surface area contributed by atoms with Crippen molar-refractivity contribution in [2.24, 2.45) is 0 Å². The number of benzene rings is 1. The van der Waals surface area contributed by atoms with Crippen LogP contribution in [0.3, 0.4) is 0 Å². The van der Waals surface area contributed by atoms with Crippen LogP contribution in [0, 0.1) is 6.92 Å². The molecule has 0 saturated carbocycles. The number of rotatable bonds is 7. The average molecular weight is 343 g/mol. The summed E-state index contributed by atoms with van der Waals surface area (Å²) in [6, 6.07) is 7.93. The summed E-state index contributed by atoms with van der Waals surface area (Å²) in [7, 11) is 0. The van der Waals surface area contributed by atoms with Crippen molar-refractivity contribution in [3.05, 3.63) is 53.6 Å². The van der Waals surface area contributed by atoms with Crippen molar-refractivity contribution in [3.63, 3.8) is 0 Å². The van der Waals surface area contributed by atoms with Gasteiger partial charge in [-0.05, 0) is 29.9 Å². The van der Waals surface area contributed by atoms with E-state index in [4.69, 9.17) is 0 Å². The Balaban J connectivity index is 1.74. The molecule has 1 heterocycles. The Kier molecular flexibility index (Phi) is 6.37. The Bertz CT molecular complexity index is 684. The van der Waals surface area contributed by atoms with E-state index in [1.54, 1.807) is 6.20 Å². The van der Waals surface area contributed by atoms with E-state index >= 15 is 0 Å². The van der Waals surface area contributed by atoms with E-state index in [2.05, 4.69) is 31.1 Å². The Morgan fingerprint density at radius 1 is 1.28 bits per heavy atom. The molecule has 0 aliphatic heterocycles. The highest BCUT2D eigenvalue weighted by Gasteiger charge is 2.15. The van der Waals surface area contributed by atoms with Gasteiger partial charge in [-0.2, -0.15) is 0 Å². The second kappa shape index (κ2) is 8.30. The molecular weight excluding hydrogens is 314 g/mol. The van der Waals surface area contributed by atoms with Crippen molar-refractivity contribution in [2.45, 2.75) is 58.6 Å². The number of imidazole rings is 1. The van der Waals surface area contributed by atoms with E-state index in [9.17, 15) is 9.90 Å². The van der Waals surface area contributed by atoms with Gasteiger partial charge >= 0.3 is 0 Å². The normalized spacial score (nSPS) is 12.8. The van der Waals surface area contributed by atoms with Crippen LogP contribution < -0.4 is 5.32 Å². The fourth-order valence-electron chi connectivity index (χ4n) is 2.67. The SMILES string of the molecule is Cc1nccn1CCCC(=O)NCC(O)c1ccc(C(C)(C)C)cc1. The summed E-state index contributed by atoms with van der Waals surface area (Å²) in [5.74, 6) is 0.915. The zero-order valence-electron chi connectivity index (χ0n) is 15.6. The van der Waals surface area contributed by atoms with Gasteiger partial charge in [-0.3, -0.25) is 4.79 Å². The first kappa shape index (κ1) is 19.2. The van der Waals surface area contributed by atoms with E-state index in [0.29, 0.717) is 6.42 Å². The van der Waals surface area contributed by atoms with Gasteiger partial charge in [-0.15, -0.1) is 0 Å². The van der Waals surface area contributed by atoms with Crippen molar-refractivity contribution >= 4 is 5.91 Å². The molecule has 0 fully saturated rings. The van der Waals surface area contributed by atoms with Crippen molar-refractivity contribution in [1.82, 2.24) is 14.9 Å². The molecule has 1 unspecified atom stereocenters. The van der Waals surface area contributed by atoms with Crippen LogP contribution >= 0.6 is 0 Å². The zero-order valence-corrected chi connectivity index (χ0v) is 15.6. The van der Waals surface area contributed by atoms with Gasteiger partial charge in [0, 0.05) is 31.9 Å². The third kappa shape index (κ3) is 5.71. The quantitative estimate of drug-likeness (QED) is 0.812. The number of aryl methyl sites for hydroxylation is 2. The van der Waals surface area contributed by atoms with Crippen LogP contribution in [0.1, 0.15) is 56.7 Å². The van der Waals surface area contributed by atoms with Gasteiger partial charge in [0.05, 0.1) is 6.10 Å². The number of nitrogens with zero attached hydrogens (tertiary/aromatic N) is 2. The highest BCUT2D eigenvalue weighted by Crippen LogP contribution is 2.23. The summed E-state index contributed by atoms with van der Waals surface area (Å²) in [6.07, 6.45) is 4.18. The maximum Gasteiger partial charge on any atom is 0.220 e. The standard InChI is InChI=1S/C20H29N3O2/c1-15-21-11-13-23(15)12-5-6-19(25)22-14-18(24)16-7-9-17(10-8-16)20(2,3)4/h7-11,13,18,24H,5-6,12,14H2,1-4H3,(H,22,25). The summed E-state index contributed by atoms with van der Waals surface area (Å²) in [5, 5.41) is 13.1. The van der Waals surface area contributed by atoms with Crippen molar-refractivity contribution in [1.29, 1.82) is 0 Å². The Morgan fingerprint density at radius 2 is 1.96 bits per heavy atom. The van der Waals surface area contributed by atoms with E-state index in [0.717, 1.165) is 24.4 Å². The van der Waals surface area contributed by atoms with Crippen LogP contribution in [0.2, 0.25) is 0 Å². The van der Waals surface area contributed by atoms with Gasteiger partial charge in [0.1, 0.15) is 5.82 Å². The molecule has 0 radical (unpaired) electrons. The van der Waals surface area contributed by atoms with Gasteiger partial charge < -0.3 is 15.0 Å². The fourth-order valence-corrected chi connectivity index (χ4v) is 2.67. The number of carbonyl (C=O) groups is 1. The topological polar surface area (TPSA) is 67.2 Å². The second-order valence-corrected chi connectivity index (χ2v) is 7.46. The van der Waals surface area contributed by atoms with E-state index in [-0.39, 0.29) is 17.9 Å². The van der Waals surface area contributed by atoms with Crippen LogP contribution in [0.5, 0.6) is 0 Å². The molecule has 136 valence electrons. The molecule has 1 amide bonds. The first-order valence-electron chi connectivity index (χ1n) is 8.80. The maximum atomic E-state index is 11.9. The molecular formula is C20H29N3O2. The molecule has 0 spiro atoms. The number of carbonyl (C=O) groups excluding carboxylic acids is 1. The van der Waals surface area contributed by atoms with E-state index < -0.39 is 6.10 Å². The molecule has 5 heteroatoms. The number of hydrogen-bond acceptors (Lipinski definition) is 3. The summed E-state index contributed by atoms with van der Waals surface area (Å²) in [5.41, 5.74) is 2.13. The van der Waals surface area contributed by atoms with Crippen LogP contribution in [-0.2, 0) is 16.8 Å². The number of aliphatic hydroxyl groups is 1. The van der Waals surface area contributed by atoms with Gasteiger partial charge in [0.15, 0.2) is 0 Å². The maximum absolute atomic E-state index is 11.9. The first-order valence-corrected chi connectivity index (χ1v) is 8.80. The predicted molar refractivity (Wildman–Crippen MR) is 99.3 cm³/mol. The lowest BCUT2D eigenvalue weighted by Crippen LogP contribution is -2.28. The third-order valence-electron chi connectivity index (χ3n) is 4.38. The molecule has 2 aromatic rings. The molecule has 25 heavy (non-hydrogen) atoms. The lowest BCUT2D eigenvalue weighted by molar-refractivity contribution is -0.121. The average Bonchev–Trinajstić information content (AvgIpc) is 2.97. The summed E-state index contributed by atoms with van der Waals surface area (Å²) in [6.45, 7) is 9.42. The third-order valence-corrected chi connectivity index (χ3v) is 4.38. The smallest absolute Gasteiger partial charge is 0.220 e. The van der Waals surface area contributed by atoms with Gasteiger partial charge in [0.2, 0.25) is 5.91 Å². The fraction of sp³-hybridized carbons (Fsp3) is 0.500. The van der Waals surface area contributed by atoms with Crippen LogP contribution in [0.25, 0.3) is 0 Å².